The Hall–Kier alpha value is -1.63. The van der Waals surface area contributed by atoms with E-state index in [9.17, 15) is 19.1 Å². The van der Waals surface area contributed by atoms with Gasteiger partial charge in [-0.3, -0.25) is 4.79 Å². The maximum atomic E-state index is 13.3. The first-order chi connectivity index (χ1) is 9.93. The van der Waals surface area contributed by atoms with Crippen molar-refractivity contribution >= 4 is 33.6 Å². The standard InChI is InChI=1S/C14H16BrFN2O3/c15-10-4-3-9(7-11(10)16)18-13(21)17-8-14(12(19)20)5-1-2-6-14/h3-4,7H,1-2,5-6,8H2,(H,19,20)(H2,17,18,21). The van der Waals surface area contributed by atoms with Crippen LogP contribution in [-0.2, 0) is 4.79 Å². The van der Waals surface area contributed by atoms with Crippen LogP contribution in [0.1, 0.15) is 25.7 Å². The molecule has 0 aromatic heterocycles. The summed E-state index contributed by atoms with van der Waals surface area (Å²) in [6.45, 7) is 0.0766. The molecular formula is C14H16BrFN2O3. The Labute approximate surface area is 130 Å². The van der Waals surface area contributed by atoms with Crippen LogP contribution in [0.3, 0.4) is 0 Å². The van der Waals surface area contributed by atoms with Crippen LogP contribution in [0.25, 0.3) is 0 Å². The van der Waals surface area contributed by atoms with E-state index in [2.05, 4.69) is 26.6 Å². The molecule has 0 aliphatic heterocycles. The van der Waals surface area contributed by atoms with Gasteiger partial charge in [-0.15, -0.1) is 0 Å². The van der Waals surface area contributed by atoms with Gasteiger partial charge in [-0.2, -0.15) is 0 Å². The number of carbonyl (C=O) groups is 2. The van der Waals surface area contributed by atoms with E-state index in [1.807, 2.05) is 0 Å². The fourth-order valence-electron chi connectivity index (χ4n) is 2.52. The van der Waals surface area contributed by atoms with Gasteiger partial charge < -0.3 is 15.7 Å². The fourth-order valence-corrected chi connectivity index (χ4v) is 2.76. The van der Waals surface area contributed by atoms with Crippen LogP contribution in [-0.4, -0.2) is 23.7 Å². The largest absolute Gasteiger partial charge is 0.481 e. The number of anilines is 1. The van der Waals surface area contributed by atoms with Crippen LogP contribution in [0.15, 0.2) is 22.7 Å². The van der Waals surface area contributed by atoms with E-state index >= 15 is 0 Å². The van der Waals surface area contributed by atoms with Gasteiger partial charge in [-0.05, 0) is 47.0 Å². The zero-order valence-corrected chi connectivity index (χ0v) is 12.9. The maximum Gasteiger partial charge on any atom is 0.319 e. The molecule has 3 N–H and O–H groups in total. The second kappa shape index (κ2) is 6.43. The Morgan fingerprint density at radius 2 is 2.00 bits per heavy atom. The molecule has 114 valence electrons. The highest BCUT2D eigenvalue weighted by Crippen LogP contribution is 2.37. The maximum absolute atomic E-state index is 13.3. The van der Waals surface area contributed by atoms with Crippen LogP contribution in [0.5, 0.6) is 0 Å². The van der Waals surface area contributed by atoms with Gasteiger partial charge in [0.25, 0.3) is 0 Å². The number of hydrogen-bond acceptors (Lipinski definition) is 2. The van der Waals surface area contributed by atoms with Crippen molar-refractivity contribution in [3.05, 3.63) is 28.5 Å². The third kappa shape index (κ3) is 3.72. The molecule has 1 aromatic rings. The number of urea groups is 1. The van der Waals surface area contributed by atoms with E-state index in [0.717, 1.165) is 12.8 Å². The van der Waals surface area contributed by atoms with Crippen molar-refractivity contribution in [2.24, 2.45) is 5.41 Å². The Kier molecular flexibility index (Phi) is 4.82. The van der Waals surface area contributed by atoms with E-state index in [1.54, 1.807) is 6.07 Å². The van der Waals surface area contributed by atoms with Gasteiger partial charge in [0.2, 0.25) is 0 Å². The molecular weight excluding hydrogens is 343 g/mol. The SMILES string of the molecule is O=C(NCC1(C(=O)O)CCCC1)Nc1ccc(Br)c(F)c1. The lowest BCUT2D eigenvalue weighted by atomic mass is 9.86. The van der Waals surface area contributed by atoms with Gasteiger partial charge in [0.15, 0.2) is 0 Å². The zero-order chi connectivity index (χ0) is 15.5. The predicted molar refractivity (Wildman–Crippen MR) is 79.7 cm³/mol. The first-order valence-electron chi connectivity index (χ1n) is 6.66. The van der Waals surface area contributed by atoms with Crippen LogP contribution < -0.4 is 10.6 Å². The Balaban J connectivity index is 1.92. The van der Waals surface area contributed by atoms with Crippen LogP contribution in [0.2, 0.25) is 0 Å². The zero-order valence-electron chi connectivity index (χ0n) is 11.3. The third-order valence-electron chi connectivity index (χ3n) is 3.78. The van der Waals surface area contributed by atoms with Crippen molar-refractivity contribution in [2.45, 2.75) is 25.7 Å². The second-order valence-corrected chi connectivity index (χ2v) is 6.08. The summed E-state index contributed by atoms with van der Waals surface area (Å²) >= 11 is 3.03. The number of halogens is 2. The van der Waals surface area contributed by atoms with E-state index < -0.39 is 23.2 Å². The Morgan fingerprint density at radius 3 is 2.57 bits per heavy atom. The summed E-state index contributed by atoms with van der Waals surface area (Å²) in [7, 11) is 0. The number of amides is 2. The number of benzene rings is 1. The van der Waals surface area contributed by atoms with Crippen molar-refractivity contribution < 1.29 is 19.1 Å². The summed E-state index contributed by atoms with van der Waals surface area (Å²) in [6.07, 6.45) is 2.84. The molecule has 1 saturated carbocycles. The predicted octanol–water partition coefficient (Wildman–Crippen LogP) is 3.35. The van der Waals surface area contributed by atoms with Gasteiger partial charge in [-0.1, -0.05) is 12.8 Å². The van der Waals surface area contributed by atoms with Crippen LogP contribution in [0, 0.1) is 11.2 Å². The van der Waals surface area contributed by atoms with Gasteiger partial charge in [0.1, 0.15) is 5.82 Å². The van der Waals surface area contributed by atoms with Crippen molar-refractivity contribution in [1.29, 1.82) is 0 Å². The highest BCUT2D eigenvalue weighted by Gasteiger charge is 2.41. The van der Waals surface area contributed by atoms with Crippen molar-refractivity contribution in [3.63, 3.8) is 0 Å². The molecule has 1 fully saturated rings. The van der Waals surface area contributed by atoms with Gasteiger partial charge in [0.05, 0.1) is 9.89 Å². The van der Waals surface area contributed by atoms with E-state index in [4.69, 9.17) is 0 Å². The summed E-state index contributed by atoms with van der Waals surface area (Å²) in [4.78, 5) is 23.1. The summed E-state index contributed by atoms with van der Waals surface area (Å²) in [5.41, 5.74) is -0.563. The highest BCUT2D eigenvalue weighted by atomic mass is 79.9. The number of carboxylic acid groups (broad SMARTS) is 1. The molecule has 1 aromatic carbocycles. The Morgan fingerprint density at radius 1 is 1.33 bits per heavy atom. The van der Waals surface area contributed by atoms with Crippen LogP contribution >= 0.6 is 15.9 Å². The minimum atomic E-state index is -0.880. The molecule has 0 unspecified atom stereocenters. The topological polar surface area (TPSA) is 78.4 Å². The monoisotopic (exact) mass is 358 g/mol. The normalized spacial score (nSPS) is 16.5. The average molecular weight is 359 g/mol. The summed E-state index contributed by atoms with van der Waals surface area (Å²) in [6, 6.07) is 3.69. The smallest absolute Gasteiger partial charge is 0.319 e. The van der Waals surface area contributed by atoms with Crippen molar-refractivity contribution in [2.75, 3.05) is 11.9 Å². The molecule has 0 heterocycles. The highest BCUT2D eigenvalue weighted by molar-refractivity contribution is 9.10. The van der Waals surface area contributed by atoms with Gasteiger partial charge in [-0.25, -0.2) is 9.18 Å². The molecule has 0 atom stereocenters. The fraction of sp³-hybridized carbons (Fsp3) is 0.429. The molecule has 0 saturated heterocycles. The average Bonchev–Trinajstić information content (AvgIpc) is 2.91. The molecule has 2 amide bonds. The molecule has 0 radical (unpaired) electrons. The third-order valence-corrected chi connectivity index (χ3v) is 4.42. The first kappa shape index (κ1) is 15.8. The molecule has 1 aliphatic rings. The Bertz CT molecular complexity index is 559. The molecule has 0 bridgehead atoms. The minimum absolute atomic E-state index is 0.0766. The number of rotatable bonds is 4. The van der Waals surface area contributed by atoms with E-state index in [-0.39, 0.29) is 6.54 Å². The number of carbonyl (C=O) groups excluding carboxylic acids is 1. The summed E-state index contributed by atoms with van der Waals surface area (Å²) in [5, 5.41) is 14.4. The lowest BCUT2D eigenvalue weighted by Crippen LogP contribution is -2.42. The lowest BCUT2D eigenvalue weighted by Gasteiger charge is -2.24. The number of aliphatic carboxylic acids is 1. The van der Waals surface area contributed by atoms with Crippen molar-refractivity contribution in [3.8, 4) is 0 Å². The second-order valence-electron chi connectivity index (χ2n) is 5.23. The quantitative estimate of drug-likeness (QED) is 0.772. The summed E-state index contributed by atoms with van der Waals surface area (Å²) < 4.78 is 13.6. The molecule has 0 spiro atoms. The van der Waals surface area contributed by atoms with Gasteiger partial charge >= 0.3 is 12.0 Å². The minimum Gasteiger partial charge on any atom is -0.481 e. The molecule has 21 heavy (non-hydrogen) atoms. The van der Waals surface area contributed by atoms with Gasteiger partial charge in [0, 0.05) is 12.2 Å². The lowest BCUT2D eigenvalue weighted by molar-refractivity contribution is -0.148. The van der Waals surface area contributed by atoms with Crippen molar-refractivity contribution in [1.82, 2.24) is 5.32 Å². The molecule has 1 aliphatic carbocycles. The first-order valence-corrected chi connectivity index (χ1v) is 7.46. The molecule has 2 rings (SSSR count). The number of nitrogens with one attached hydrogen (secondary N) is 2. The summed E-state index contributed by atoms with van der Waals surface area (Å²) in [5.74, 6) is -1.36. The number of carboxylic acids is 1. The number of hydrogen-bond donors (Lipinski definition) is 3. The van der Waals surface area contributed by atoms with E-state index in [0.29, 0.717) is 23.0 Å². The molecule has 5 nitrogen and oxygen atoms in total. The van der Waals surface area contributed by atoms with E-state index in [1.165, 1.54) is 12.1 Å². The molecule has 7 heteroatoms. The van der Waals surface area contributed by atoms with Crippen LogP contribution in [0.4, 0.5) is 14.9 Å².